The minimum Gasteiger partial charge on any atom is -0.368 e. The van der Waals surface area contributed by atoms with Gasteiger partial charge in [0.25, 0.3) is 0 Å². The first-order valence-corrected chi connectivity index (χ1v) is 5.80. The second-order valence-electron chi connectivity index (χ2n) is 4.82. The van der Waals surface area contributed by atoms with Crippen LogP contribution in [0.4, 0.5) is 0 Å². The zero-order valence-electron chi connectivity index (χ0n) is 9.88. The van der Waals surface area contributed by atoms with Crippen LogP contribution in [0.15, 0.2) is 0 Å². The van der Waals surface area contributed by atoms with Gasteiger partial charge in [0.2, 0.25) is 5.91 Å². The highest BCUT2D eigenvalue weighted by atomic mass is 16.1. The summed E-state index contributed by atoms with van der Waals surface area (Å²) < 4.78 is 0. The summed E-state index contributed by atoms with van der Waals surface area (Å²) >= 11 is 0. The molecule has 0 aliphatic carbocycles. The number of nitrogens with two attached hydrogens (primary N) is 1. The molecule has 0 aromatic rings. The molecule has 0 unspecified atom stereocenters. The summed E-state index contributed by atoms with van der Waals surface area (Å²) in [4.78, 5) is 13.5. The second kappa shape index (κ2) is 5.47. The first-order valence-electron chi connectivity index (χ1n) is 5.80. The van der Waals surface area contributed by atoms with Crippen molar-refractivity contribution in [2.75, 3.05) is 26.2 Å². The van der Waals surface area contributed by atoms with Gasteiger partial charge in [0.1, 0.15) is 0 Å². The van der Waals surface area contributed by atoms with Crippen LogP contribution in [0.3, 0.4) is 0 Å². The molecule has 0 spiro atoms. The molecule has 0 saturated carbocycles. The Morgan fingerprint density at radius 3 is 2.53 bits per heavy atom. The number of amides is 1. The average molecular weight is 213 g/mol. The van der Waals surface area contributed by atoms with E-state index in [-0.39, 0.29) is 5.91 Å². The summed E-state index contributed by atoms with van der Waals surface area (Å²) in [6.07, 6.45) is 3.75. The molecule has 1 aliphatic heterocycles. The number of likely N-dealkylation sites (tertiary alicyclic amines) is 1. The molecule has 1 amide bonds. The van der Waals surface area contributed by atoms with Crippen LogP contribution in [0.1, 0.15) is 33.1 Å². The maximum Gasteiger partial charge on any atom is 0.237 e. The van der Waals surface area contributed by atoms with Crippen LogP contribution in [-0.2, 0) is 4.79 Å². The molecule has 4 heteroatoms. The van der Waals surface area contributed by atoms with E-state index in [1.165, 1.54) is 25.9 Å². The van der Waals surface area contributed by atoms with Crippen LogP contribution >= 0.6 is 0 Å². The molecule has 1 rings (SSSR count). The van der Waals surface area contributed by atoms with Crippen molar-refractivity contribution in [3.05, 3.63) is 0 Å². The first-order chi connectivity index (χ1) is 7.02. The highest BCUT2D eigenvalue weighted by Gasteiger charge is 2.23. The van der Waals surface area contributed by atoms with Crippen LogP contribution in [0.25, 0.3) is 0 Å². The Labute approximate surface area is 92.2 Å². The number of nitrogens with one attached hydrogen (secondary N) is 1. The highest BCUT2D eigenvalue weighted by molar-refractivity contribution is 5.83. The minimum absolute atomic E-state index is 0.288. The quantitative estimate of drug-likeness (QED) is 0.625. The number of hydrogen-bond donors (Lipinski definition) is 2. The number of hydrogen-bond acceptors (Lipinski definition) is 3. The summed E-state index contributed by atoms with van der Waals surface area (Å²) in [5.74, 6) is -0.288. The highest BCUT2D eigenvalue weighted by Crippen LogP contribution is 2.07. The Bertz CT molecular complexity index is 210. The lowest BCUT2D eigenvalue weighted by Crippen LogP contribution is -2.51. The van der Waals surface area contributed by atoms with E-state index in [9.17, 15) is 4.79 Å². The summed E-state index contributed by atoms with van der Waals surface area (Å²) in [7, 11) is 0. The second-order valence-corrected chi connectivity index (χ2v) is 4.82. The van der Waals surface area contributed by atoms with Crippen molar-refractivity contribution in [3.63, 3.8) is 0 Å². The van der Waals surface area contributed by atoms with E-state index in [1.54, 1.807) is 0 Å². The van der Waals surface area contributed by atoms with Crippen molar-refractivity contribution >= 4 is 5.91 Å². The van der Waals surface area contributed by atoms with E-state index in [1.807, 2.05) is 13.8 Å². The van der Waals surface area contributed by atoms with Gasteiger partial charge in [-0.05, 0) is 59.3 Å². The third kappa shape index (κ3) is 4.18. The van der Waals surface area contributed by atoms with Crippen LogP contribution in [0.2, 0.25) is 0 Å². The zero-order chi connectivity index (χ0) is 11.3. The van der Waals surface area contributed by atoms with Crippen molar-refractivity contribution in [1.82, 2.24) is 10.2 Å². The van der Waals surface area contributed by atoms with E-state index >= 15 is 0 Å². The Kier molecular flexibility index (Phi) is 4.54. The standard InChI is InChI=1S/C11H23N3O/c1-11(2,10(12)15)13-6-5-9-14-7-3-4-8-14/h13H,3-9H2,1-2H3,(H2,12,15). The Morgan fingerprint density at radius 1 is 1.40 bits per heavy atom. The van der Waals surface area contributed by atoms with Gasteiger partial charge in [-0.2, -0.15) is 0 Å². The zero-order valence-corrected chi connectivity index (χ0v) is 9.88. The SMILES string of the molecule is CC(C)(NCCCN1CCCC1)C(N)=O. The summed E-state index contributed by atoms with van der Waals surface area (Å²) in [6, 6.07) is 0. The van der Waals surface area contributed by atoms with Gasteiger partial charge in [0.05, 0.1) is 5.54 Å². The number of nitrogens with zero attached hydrogens (tertiary/aromatic N) is 1. The molecule has 3 N–H and O–H groups in total. The van der Waals surface area contributed by atoms with Gasteiger partial charge < -0.3 is 16.0 Å². The maximum atomic E-state index is 11.0. The molecule has 15 heavy (non-hydrogen) atoms. The molecule has 1 fully saturated rings. The van der Waals surface area contributed by atoms with Gasteiger partial charge in [-0.15, -0.1) is 0 Å². The topological polar surface area (TPSA) is 58.4 Å². The van der Waals surface area contributed by atoms with Gasteiger partial charge in [0, 0.05) is 0 Å². The van der Waals surface area contributed by atoms with Gasteiger partial charge in [-0.25, -0.2) is 0 Å². The predicted octanol–water partition coefficient (Wildman–Crippen LogP) is 0.326. The fourth-order valence-corrected chi connectivity index (χ4v) is 1.80. The van der Waals surface area contributed by atoms with Crippen molar-refractivity contribution in [1.29, 1.82) is 0 Å². The average Bonchev–Trinajstić information content (AvgIpc) is 2.64. The molecule has 0 aromatic carbocycles. The fourth-order valence-electron chi connectivity index (χ4n) is 1.80. The van der Waals surface area contributed by atoms with Gasteiger partial charge >= 0.3 is 0 Å². The molecule has 1 aliphatic rings. The normalized spacial score (nSPS) is 18.3. The van der Waals surface area contributed by atoms with Gasteiger partial charge in [-0.1, -0.05) is 0 Å². The monoisotopic (exact) mass is 213 g/mol. The molecule has 0 atom stereocenters. The van der Waals surface area contributed by atoms with Crippen LogP contribution in [0.5, 0.6) is 0 Å². The number of carbonyl (C=O) groups excluding carboxylic acids is 1. The molecule has 4 nitrogen and oxygen atoms in total. The molecule has 1 heterocycles. The number of carbonyl (C=O) groups is 1. The van der Waals surface area contributed by atoms with Crippen molar-refractivity contribution in [3.8, 4) is 0 Å². The molecule has 1 saturated heterocycles. The number of rotatable bonds is 6. The Hall–Kier alpha value is -0.610. The summed E-state index contributed by atoms with van der Waals surface area (Å²) in [6.45, 7) is 8.10. The van der Waals surface area contributed by atoms with E-state index in [2.05, 4.69) is 10.2 Å². The fraction of sp³-hybridized carbons (Fsp3) is 0.909. The smallest absolute Gasteiger partial charge is 0.237 e. The first kappa shape index (κ1) is 12.5. The van der Waals surface area contributed by atoms with Crippen molar-refractivity contribution in [2.45, 2.75) is 38.6 Å². The predicted molar refractivity (Wildman–Crippen MR) is 61.6 cm³/mol. The lowest BCUT2D eigenvalue weighted by molar-refractivity contribution is -0.123. The number of primary amides is 1. The maximum absolute atomic E-state index is 11.0. The molecule has 0 aromatic heterocycles. The van der Waals surface area contributed by atoms with Gasteiger partial charge in [-0.3, -0.25) is 4.79 Å². The van der Waals surface area contributed by atoms with Crippen molar-refractivity contribution < 1.29 is 4.79 Å². The third-order valence-electron chi connectivity index (χ3n) is 3.03. The summed E-state index contributed by atoms with van der Waals surface area (Å²) in [5, 5.41) is 3.18. The minimum atomic E-state index is -0.578. The van der Waals surface area contributed by atoms with E-state index in [0.717, 1.165) is 19.5 Å². The van der Waals surface area contributed by atoms with Crippen LogP contribution in [0, 0.1) is 0 Å². The molecule has 88 valence electrons. The summed E-state index contributed by atoms with van der Waals surface area (Å²) in [5.41, 5.74) is 4.68. The van der Waals surface area contributed by atoms with Crippen LogP contribution < -0.4 is 11.1 Å². The largest absolute Gasteiger partial charge is 0.368 e. The molecule has 0 radical (unpaired) electrons. The van der Waals surface area contributed by atoms with E-state index in [0.29, 0.717) is 0 Å². The van der Waals surface area contributed by atoms with Gasteiger partial charge in [0.15, 0.2) is 0 Å². The Balaban J connectivity index is 2.08. The van der Waals surface area contributed by atoms with Crippen LogP contribution in [-0.4, -0.2) is 42.5 Å². The lowest BCUT2D eigenvalue weighted by atomic mass is 10.1. The Morgan fingerprint density at radius 2 is 2.00 bits per heavy atom. The molecular formula is C11H23N3O. The third-order valence-corrected chi connectivity index (χ3v) is 3.03. The van der Waals surface area contributed by atoms with E-state index in [4.69, 9.17) is 5.73 Å². The van der Waals surface area contributed by atoms with E-state index < -0.39 is 5.54 Å². The molecule has 0 bridgehead atoms. The lowest BCUT2D eigenvalue weighted by Gasteiger charge is -2.23. The van der Waals surface area contributed by atoms with Crippen molar-refractivity contribution in [2.24, 2.45) is 5.73 Å². The molecular weight excluding hydrogens is 190 g/mol.